The molecule has 2 aliphatic rings. The topological polar surface area (TPSA) is 66.9 Å². The highest BCUT2D eigenvalue weighted by molar-refractivity contribution is 7.15. The maximum absolute atomic E-state index is 12.6. The zero-order valence-electron chi connectivity index (χ0n) is 14.3. The van der Waals surface area contributed by atoms with Gasteiger partial charge in [-0.2, -0.15) is 0 Å². The van der Waals surface area contributed by atoms with E-state index in [4.69, 9.17) is 4.98 Å². The minimum Gasteiger partial charge on any atom is -0.356 e. The van der Waals surface area contributed by atoms with Crippen molar-refractivity contribution in [2.45, 2.75) is 32.1 Å². The van der Waals surface area contributed by atoms with Crippen molar-refractivity contribution in [1.82, 2.24) is 20.6 Å². The molecule has 0 saturated carbocycles. The van der Waals surface area contributed by atoms with E-state index in [0.29, 0.717) is 5.92 Å². The van der Waals surface area contributed by atoms with E-state index in [2.05, 4.69) is 15.6 Å². The number of thiazole rings is 1. The van der Waals surface area contributed by atoms with Gasteiger partial charge in [-0.3, -0.25) is 9.78 Å². The fourth-order valence-electron chi connectivity index (χ4n) is 3.70. The number of aromatic nitrogens is 2. The summed E-state index contributed by atoms with van der Waals surface area (Å²) in [5, 5.41) is 7.61. The Hall–Kier alpha value is -1.79. The SMILES string of the molecule is O=C(NCC1CCNCC1)C1CCc2sc(-c3ccncc3)nc2C1. The lowest BCUT2D eigenvalue weighted by Crippen LogP contribution is -2.39. The molecule has 1 aliphatic carbocycles. The number of pyridine rings is 1. The van der Waals surface area contributed by atoms with Crippen LogP contribution in [-0.4, -0.2) is 35.5 Å². The van der Waals surface area contributed by atoms with Gasteiger partial charge in [-0.1, -0.05) is 0 Å². The summed E-state index contributed by atoms with van der Waals surface area (Å²) in [6, 6.07) is 3.99. The molecule has 1 atom stereocenters. The van der Waals surface area contributed by atoms with E-state index in [9.17, 15) is 4.79 Å². The fraction of sp³-hybridized carbons (Fsp3) is 0.526. The monoisotopic (exact) mass is 356 g/mol. The van der Waals surface area contributed by atoms with E-state index >= 15 is 0 Å². The normalized spacial score (nSPS) is 20.9. The average molecular weight is 356 g/mol. The first-order valence-electron chi connectivity index (χ1n) is 9.17. The van der Waals surface area contributed by atoms with Crippen LogP contribution in [0, 0.1) is 11.8 Å². The van der Waals surface area contributed by atoms with Gasteiger partial charge in [0.15, 0.2) is 0 Å². The van der Waals surface area contributed by atoms with Gasteiger partial charge in [-0.05, 0) is 56.8 Å². The molecular formula is C19H24N4OS. The Labute approximate surface area is 152 Å². The molecule has 0 aromatic carbocycles. The Morgan fingerprint density at radius 2 is 2.04 bits per heavy atom. The van der Waals surface area contributed by atoms with Gasteiger partial charge < -0.3 is 10.6 Å². The Morgan fingerprint density at radius 3 is 2.84 bits per heavy atom. The lowest BCUT2D eigenvalue weighted by atomic mass is 9.89. The third kappa shape index (κ3) is 3.90. The van der Waals surface area contributed by atoms with Crippen LogP contribution in [0.2, 0.25) is 0 Å². The molecule has 1 saturated heterocycles. The Kier molecular flexibility index (Phi) is 5.08. The summed E-state index contributed by atoms with van der Waals surface area (Å²) in [4.78, 5) is 22.8. The summed E-state index contributed by atoms with van der Waals surface area (Å²) >= 11 is 1.76. The van der Waals surface area contributed by atoms with Crippen molar-refractivity contribution >= 4 is 17.2 Å². The van der Waals surface area contributed by atoms with Gasteiger partial charge in [0.25, 0.3) is 0 Å². The van der Waals surface area contributed by atoms with Gasteiger partial charge in [0.2, 0.25) is 5.91 Å². The van der Waals surface area contributed by atoms with Crippen LogP contribution >= 0.6 is 11.3 Å². The molecular weight excluding hydrogens is 332 g/mol. The summed E-state index contributed by atoms with van der Waals surface area (Å²) in [6.07, 6.45) is 8.59. The van der Waals surface area contributed by atoms with Gasteiger partial charge in [0.05, 0.1) is 5.69 Å². The van der Waals surface area contributed by atoms with Crippen molar-refractivity contribution < 1.29 is 4.79 Å². The van der Waals surface area contributed by atoms with E-state index in [0.717, 1.165) is 68.0 Å². The summed E-state index contributed by atoms with van der Waals surface area (Å²) in [5.41, 5.74) is 2.23. The fourth-order valence-corrected chi connectivity index (χ4v) is 4.81. The second kappa shape index (κ2) is 7.62. The number of rotatable bonds is 4. The highest BCUT2D eigenvalue weighted by atomic mass is 32.1. The van der Waals surface area contributed by atoms with Crippen LogP contribution in [0.25, 0.3) is 10.6 Å². The lowest BCUT2D eigenvalue weighted by molar-refractivity contribution is -0.125. The third-order valence-electron chi connectivity index (χ3n) is 5.26. The van der Waals surface area contributed by atoms with Crippen molar-refractivity contribution in [2.24, 2.45) is 11.8 Å². The first-order chi connectivity index (χ1) is 12.3. The minimum absolute atomic E-state index is 0.0709. The van der Waals surface area contributed by atoms with E-state index in [1.54, 1.807) is 23.7 Å². The molecule has 0 spiro atoms. The molecule has 1 unspecified atom stereocenters. The minimum atomic E-state index is 0.0709. The number of amides is 1. The van der Waals surface area contributed by atoms with Crippen LogP contribution in [0.1, 0.15) is 29.8 Å². The second-order valence-electron chi connectivity index (χ2n) is 7.00. The van der Waals surface area contributed by atoms with Crippen molar-refractivity contribution in [2.75, 3.05) is 19.6 Å². The second-order valence-corrected chi connectivity index (χ2v) is 8.09. The molecule has 4 rings (SSSR count). The predicted molar refractivity (Wildman–Crippen MR) is 99.5 cm³/mol. The summed E-state index contributed by atoms with van der Waals surface area (Å²) in [5.74, 6) is 0.908. The zero-order valence-corrected chi connectivity index (χ0v) is 15.1. The molecule has 2 aromatic rings. The van der Waals surface area contributed by atoms with Crippen LogP contribution in [0.5, 0.6) is 0 Å². The zero-order chi connectivity index (χ0) is 17.1. The molecule has 25 heavy (non-hydrogen) atoms. The van der Waals surface area contributed by atoms with E-state index < -0.39 is 0 Å². The molecule has 0 radical (unpaired) electrons. The molecule has 5 nitrogen and oxygen atoms in total. The summed E-state index contributed by atoms with van der Waals surface area (Å²) in [7, 11) is 0. The molecule has 1 amide bonds. The number of carbonyl (C=O) groups is 1. The van der Waals surface area contributed by atoms with Crippen molar-refractivity contribution in [3.63, 3.8) is 0 Å². The van der Waals surface area contributed by atoms with Crippen molar-refractivity contribution in [3.8, 4) is 10.6 Å². The maximum atomic E-state index is 12.6. The number of hydrogen-bond donors (Lipinski definition) is 2. The van der Waals surface area contributed by atoms with Gasteiger partial charge in [0.1, 0.15) is 5.01 Å². The first kappa shape index (κ1) is 16.7. The third-order valence-corrected chi connectivity index (χ3v) is 6.47. The van der Waals surface area contributed by atoms with E-state index in [-0.39, 0.29) is 11.8 Å². The standard InChI is InChI=1S/C19H24N4OS/c24-18(22-12-13-3-7-20-8-4-13)15-1-2-17-16(11-15)23-19(25-17)14-5-9-21-10-6-14/h5-6,9-10,13,15,20H,1-4,7-8,11-12H2,(H,22,24). The highest BCUT2D eigenvalue weighted by Gasteiger charge is 2.28. The molecule has 2 aromatic heterocycles. The number of nitrogens with zero attached hydrogens (tertiary/aromatic N) is 2. The summed E-state index contributed by atoms with van der Waals surface area (Å²) < 4.78 is 0. The highest BCUT2D eigenvalue weighted by Crippen LogP contribution is 2.34. The van der Waals surface area contributed by atoms with Gasteiger partial charge in [0, 0.05) is 41.7 Å². The Morgan fingerprint density at radius 1 is 1.24 bits per heavy atom. The number of fused-ring (bicyclic) bond motifs is 1. The number of piperidine rings is 1. The Balaban J connectivity index is 1.37. The van der Waals surface area contributed by atoms with Crippen LogP contribution < -0.4 is 10.6 Å². The number of aryl methyl sites for hydroxylation is 1. The van der Waals surface area contributed by atoms with Crippen LogP contribution in [-0.2, 0) is 17.6 Å². The van der Waals surface area contributed by atoms with Crippen molar-refractivity contribution in [3.05, 3.63) is 35.1 Å². The molecule has 2 N–H and O–H groups in total. The Bertz CT molecular complexity index is 724. The smallest absolute Gasteiger partial charge is 0.223 e. The van der Waals surface area contributed by atoms with Gasteiger partial charge >= 0.3 is 0 Å². The number of carbonyl (C=O) groups excluding carboxylic acids is 1. The first-order valence-corrected chi connectivity index (χ1v) is 9.98. The van der Waals surface area contributed by atoms with Crippen LogP contribution in [0.15, 0.2) is 24.5 Å². The molecule has 1 aliphatic heterocycles. The van der Waals surface area contributed by atoms with Crippen LogP contribution in [0.4, 0.5) is 0 Å². The molecule has 1 fully saturated rings. The molecule has 132 valence electrons. The summed E-state index contributed by atoms with van der Waals surface area (Å²) in [6.45, 7) is 2.97. The maximum Gasteiger partial charge on any atom is 0.223 e. The van der Waals surface area contributed by atoms with Crippen molar-refractivity contribution in [1.29, 1.82) is 0 Å². The van der Waals surface area contributed by atoms with Gasteiger partial charge in [-0.15, -0.1) is 11.3 Å². The average Bonchev–Trinajstić information content (AvgIpc) is 3.11. The van der Waals surface area contributed by atoms with Gasteiger partial charge in [-0.25, -0.2) is 4.98 Å². The quantitative estimate of drug-likeness (QED) is 0.883. The predicted octanol–water partition coefficient (Wildman–Crippen LogP) is 2.43. The van der Waals surface area contributed by atoms with E-state index in [1.807, 2.05) is 12.1 Å². The number of hydrogen-bond acceptors (Lipinski definition) is 5. The van der Waals surface area contributed by atoms with E-state index in [1.165, 1.54) is 4.88 Å². The largest absolute Gasteiger partial charge is 0.356 e. The molecule has 6 heteroatoms. The number of nitrogens with one attached hydrogen (secondary N) is 2. The molecule has 3 heterocycles. The van der Waals surface area contributed by atoms with Crippen LogP contribution in [0.3, 0.4) is 0 Å². The lowest BCUT2D eigenvalue weighted by Gasteiger charge is -2.25. The molecule has 0 bridgehead atoms.